The lowest BCUT2D eigenvalue weighted by atomic mass is 10.2. The first-order valence-electron chi connectivity index (χ1n) is 10.4. The van der Waals surface area contributed by atoms with Crippen LogP contribution in [0.2, 0.25) is 0 Å². The van der Waals surface area contributed by atoms with E-state index in [4.69, 9.17) is 14.2 Å². The summed E-state index contributed by atoms with van der Waals surface area (Å²) in [4.78, 5) is 14.9. The first kappa shape index (κ1) is 21.9. The van der Waals surface area contributed by atoms with Crippen LogP contribution in [0.1, 0.15) is 16.5 Å². The maximum Gasteiger partial charge on any atom is 0.323 e. The predicted octanol–water partition coefficient (Wildman–Crippen LogP) is 5.56. The van der Waals surface area contributed by atoms with Crippen LogP contribution in [0.3, 0.4) is 0 Å². The van der Waals surface area contributed by atoms with Gasteiger partial charge in [0.25, 0.3) is 0 Å². The van der Waals surface area contributed by atoms with E-state index in [1.54, 1.807) is 44.2 Å². The summed E-state index contributed by atoms with van der Waals surface area (Å²) in [6.07, 6.45) is 0. The van der Waals surface area contributed by atoms with Gasteiger partial charge in [-0.2, -0.15) is 0 Å². The van der Waals surface area contributed by atoms with Crippen molar-refractivity contribution in [2.45, 2.75) is 12.0 Å². The van der Waals surface area contributed by atoms with Crippen molar-refractivity contribution >= 4 is 23.5 Å². The Morgan fingerprint density at radius 3 is 2.31 bits per heavy atom. The molecule has 1 aliphatic rings. The number of carbonyl (C=O) groups is 1. The normalized spacial score (nSPS) is 15.3. The second-order valence-electron chi connectivity index (χ2n) is 7.29. The lowest BCUT2D eigenvalue weighted by molar-refractivity contribution is 0.214. The molecule has 1 atom stereocenters. The number of hydrogen-bond donors (Lipinski definition) is 1. The van der Waals surface area contributed by atoms with Crippen LogP contribution < -0.4 is 19.5 Å². The molecule has 0 bridgehead atoms. The summed E-state index contributed by atoms with van der Waals surface area (Å²) in [6, 6.07) is 23.2. The second kappa shape index (κ2) is 10.3. The summed E-state index contributed by atoms with van der Waals surface area (Å²) in [6.45, 7) is 1.20. The van der Waals surface area contributed by atoms with Crippen molar-refractivity contribution in [3.05, 3.63) is 83.9 Å². The van der Waals surface area contributed by atoms with E-state index in [1.165, 1.54) is 0 Å². The number of rotatable bonds is 7. The monoisotopic (exact) mass is 450 g/mol. The fourth-order valence-electron chi connectivity index (χ4n) is 3.50. The third kappa shape index (κ3) is 5.29. The molecule has 166 valence electrons. The molecule has 0 aromatic heterocycles. The number of benzene rings is 3. The van der Waals surface area contributed by atoms with Crippen LogP contribution in [-0.2, 0) is 6.61 Å². The molecular weight excluding hydrogens is 424 g/mol. The molecular formula is C25H26N2O4S. The van der Waals surface area contributed by atoms with Crippen LogP contribution in [-0.4, -0.2) is 37.4 Å². The average Bonchev–Trinajstić information content (AvgIpc) is 3.33. The van der Waals surface area contributed by atoms with Gasteiger partial charge in [-0.1, -0.05) is 42.5 Å². The number of amides is 2. The Morgan fingerprint density at radius 2 is 1.66 bits per heavy atom. The molecule has 0 saturated carbocycles. The molecule has 0 aliphatic carbocycles. The number of methoxy groups -OCH3 is 2. The molecule has 7 heteroatoms. The Morgan fingerprint density at radius 1 is 0.969 bits per heavy atom. The van der Waals surface area contributed by atoms with E-state index < -0.39 is 0 Å². The van der Waals surface area contributed by atoms with Crippen molar-refractivity contribution in [1.82, 2.24) is 4.90 Å². The Hall–Kier alpha value is -3.32. The minimum absolute atomic E-state index is 0.0503. The standard InChI is InChI=1S/C25H26N2O4S/c1-29-22-14-20(15-23(16-22)30-2)26-25(28)27-12-13-32-24(27)19-8-10-21(11-9-19)31-17-18-6-4-3-5-7-18/h3-11,14-16,24H,12-13,17H2,1-2H3,(H,26,28). The number of hydrogen-bond acceptors (Lipinski definition) is 5. The zero-order chi connectivity index (χ0) is 22.3. The van der Waals surface area contributed by atoms with E-state index in [2.05, 4.69) is 5.32 Å². The minimum Gasteiger partial charge on any atom is -0.497 e. The highest BCUT2D eigenvalue weighted by Gasteiger charge is 2.31. The first-order valence-corrected chi connectivity index (χ1v) is 11.4. The number of nitrogens with zero attached hydrogens (tertiary/aromatic N) is 1. The SMILES string of the molecule is COc1cc(NC(=O)N2CCSC2c2ccc(OCc3ccccc3)cc2)cc(OC)c1. The van der Waals surface area contributed by atoms with Crippen LogP contribution in [0.25, 0.3) is 0 Å². The first-order chi connectivity index (χ1) is 15.7. The van der Waals surface area contributed by atoms with E-state index in [0.717, 1.165) is 22.6 Å². The van der Waals surface area contributed by atoms with Gasteiger partial charge in [-0.25, -0.2) is 4.79 Å². The molecule has 0 radical (unpaired) electrons. The lowest BCUT2D eigenvalue weighted by Gasteiger charge is -2.25. The number of ether oxygens (including phenoxy) is 3. The van der Waals surface area contributed by atoms with Crippen molar-refractivity contribution in [3.63, 3.8) is 0 Å². The quantitative estimate of drug-likeness (QED) is 0.511. The Kier molecular flexibility index (Phi) is 7.07. The van der Waals surface area contributed by atoms with Crippen LogP contribution in [0.15, 0.2) is 72.8 Å². The average molecular weight is 451 g/mol. The van der Waals surface area contributed by atoms with Gasteiger partial charge < -0.3 is 24.4 Å². The highest BCUT2D eigenvalue weighted by atomic mass is 32.2. The smallest absolute Gasteiger partial charge is 0.323 e. The largest absolute Gasteiger partial charge is 0.497 e. The van der Waals surface area contributed by atoms with Gasteiger partial charge in [0.15, 0.2) is 0 Å². The van der Waals surface area contributed by atoms with Gasteiger partial charge in [0.05, 0.1) is 14.2 Å². The van der Waals surface area contributed by atoms with E-state index in [-0.39, 0.29) is 11.4 Å². The van der Waals surface area contributed by atoms with Crippen molar-refractivity contribution in [2.75, 3.05) is 31.8 Å². The maximum atomic E-state index is 13.0. The molecule has 3 aromatic carbocycles. The number of anilines is 1. The summed E-state index contributed by atoms with van der Waals surface area (Å²) in [7, 11) is 3.17. The van der Waals surface area contributed by atoms with Crippen molar-refractivity contribution < 1.29 is 19.0 Å². The van der Waals surface area contributed by atoms with Crippen molar-refractivity contribution in [1.29, 1.82) is 0 Å². The summed E-state index contributed by atoms with van der Waals surface area (Å²) >= 11 is 1.75. The van der Waals surface area contributed by atoms with Crippen molar-refractivity contribution in [2.24, 2.45) is 0 Å². The van der Waals surface area contributed by atoms with E-state index >= 15 is 0 Å². The van der Waals surface area contributed by atoms with Crippen LogP contribution >= 0.6 is 11.8 Å². The number of thioether (sulfide) groups is 1. The number of carbonyl (C=O) groups excluding carboxylic acids is 1. The summed E-state index contributed by atoms with van der Waals surface area (Å²) in [5.41, 5.74) is 2.82. The van der Waals surface area contributed by atoms with Gasteiger partial charge in [0.1, 0.15) is 29.2 Å². The molecule has 1 unspecified atom stereocenters. The highest BCUT2D eigenvalue weighted by Crippen LogP contribution is 2.39. The molecule has 1 aliphatic heterocycles. The van der Waals surface area contributed by atoms with Crippen LogP contribution in [0.5, 0.6) is 17.2 Å². The van der Waals surface area contributed by atoms with Gasteiger partial charge in [-0.15, -0.1) is 11.8 Å². The van der Waals surface area contributed by atoms with Gasteiger partial charge in [0.2, 0.25) is 0 Å². The Labute approximate surface area is 192 Å². The lowest BCUT2D eigenvalue weighted by Crippen LogP contribution is -2.34. The van der Waals surface area contributed by atoms with Crippen LogP contribution in [0.4, 0.5) is 10.5 Å². The van der Waals surface area contributed by atoms with Gasteiger partial charge in [0, 0.05) is 36.2 Å². The van der Waals surface area contributed by atoms with Gasteiger partial charge in [-0.05, 0) is 23.3 Å². The summed E-state index contributed by atoms with van der Waals surface area (Å²) < 4.78 is 16.5. The zero-order valence-electron chi connectivity index (χ0n) is 18.1. The predicted molar refractivity (Wildman–Crippen MR) is 128 cm³/mol. The molecule has 2 amide bonds. The number of nitrogens with one attached hydrogen (secondary N) is 1. The van der Waals surface area contributed by atoms with E-state index in [0.29, 0.717) is 30.3 Å². The zero-order valence-corrected chi connectivity index (χ0v) is 18.9. The molecule has 1 N–H and O–H groups in total. The van der Waals surface area contributed by atoms with Gasteiger partial charge in [-0.3, -0.25) is 0 Å². The second-order valence-corrected chi connectivity index (χ2v) is 8.48. The third-order valence-electron chi connectivity index (χ3n) is 5.17. The molecule has 6 nitrogen and oxygen atoms in total. The van der Waals surface area contributed by atoms with E-state index in [9.17, 15) is 4.79 Å². The topological polar surface area (TPSA) is 60.0 Å². The highest BCUT2D eigenvalue weighted by molar-refractivity contribution is 7.99. The van der Waals surface area contributed by atoms with E-state index in [1.807, 2.05) is 59.5 Å². The summed E-state index contributed by atoms with van der Waals surface area (Å²) in [5.74, 6) is 2.93. The summed E-state index contributed by atoms with van der Waals surface area (Å²) in [5, 5.41) is 2.92. The molecule has 0 spiro atoms. The maximum absolute atomic E-state index is 13.0. The molecule has 3 aromatic rings. The Balaban J connectivity index is 1.41. The third-order valence-corrected chi connectivity index (χ3v) is 6.43. The van der Waals surface area contributed by atoms with Crippen molar-refractivity contribution in [3.8, 4) is 17.2 Å². The fourth-order valence-corrected chi connectivity index (χ4v) is 4.75. The molecule has 1 fully saturated rings. The Bertz CT molecular complexity index is 1020. The number of urea groups is 1. The van der Waals surface area contributed by atoms with Gasteiger partial charge >= 0.3 is 6.03 Å². The fraction of sp³-hybridized carbons (Fsp3) is 0.240. The molecule has 1 saturated heterocycles. The minimum atomic E-state index is -0.153. The molecule has 1 heterocycles. The molecule has 4 rings (SSSR count). The molecule has 32 heavy (non-hydrogen) atoms. The van der Waals surface area contributed by atoms with Crippen LogP contribution in [0, 0.1) is 0 Å².